The number of carbonyl (C=O) groups is 1. The van der Waals surface area contributed by atoms with Crippen molar-refractivity contribution in [1.29, 1.82) is 0 Å². The Morgan fingerprint density at radius 3 is 2.81 bits per heavy atom. The van der Waals surface area contributed by atoms with E-state index in [0.717, 1.165) is 41.6 Å². The third-order valence-corrected chi connectivity index (χ3v) is 5.71. The number of nitrogens with one attached hydrogen (secondary N) is 1. The first-order chi connectivity index (χ1) is 12.8. The Bertz CT molecular complexity index is 925. The van der Waals surface area contributed by atoms with Gasteiger partial charge in [-0.1, -0.05) is 30.0 Å². The molecule has 0 saturated carbocycles. The number of nitrogens with zero attached hydrogens (tertiary/aromatic N) is 4. The number of pyridine rings is 1. The minimum absolute atomic E-state index is 0.0241. The van der Waals surface area contributed by atoms with Gasteiger partial charge in [0.2, 0.25) is 5.91 Å². The topological polar surface area (TPSA) is 72.7 Å². The van der Waals surface area contributed by atoms with E-state index in [1.807, 2.05) is 34.9 Å². The van der Waals surface area contributed by atoms with Crippen molar-refractivity contribution in [3.05, 3.63) is 54.4 Å². The third-order valence-electron chi connectivity index (χ3n) is 4.46. The molecule has 1 amide bonds. The second-order valence-electron chi connectivity index (χ2n) is 6.08. The molecule has 0 spiro atoms. The fraction of sp³-hybridized carbons (Fsp3) is 0.263. The first-order valence-corrected chi connectivity index (χ1v) is 9.53. The van der Waals surface area contributed by atoms with E-state index in [9.17, 15) is 4.79 Å². The van der Waals surface area contributed by atoms with Crippen molar-refractivity contribution in [3.8, 4) is 11.4 Å². The maximum Gasteiger partial charge on any atom is 0.237 e. The molecule has 1 aliphatic rings. The lowest BCUT2D eigenvalue weighted by atomic mass is 10.1. The summed E-state index contributed by atoms with van der Waals surface area (Å²) in [6.45, 7) is 2.79. The van der Waals surface area contributed by atoms with E-state index in [1.165, 1.54) is 17.3 Å². The number of hydrogen-bond acceptors (Lipinski definition) is 5. The molecule has 6 nitrogen and oxygen atoms in total. The number of para-hydroxylation sites is 1. The van der Waals surface area contributed by atoms with Crippen molar-refractivity contribution >= 4 is 23.4 Å². The van der Waals surface area contributed by atoms with Crippen LogP contribution in [0.15, 0.2) is 53.9 Å². The first-order valence-electron chi connectivity index (χ1n) is 8.65. The van der Waals surface area contributed by atoms with Crippen LogP contribution in [0.4, 0.5) is 5.69 Å². The molecule has 1 aromatic carbocycles. The lowest BCUT2D eigenvalue weighted by molar-refractivity contribution is -0.115. The minimum atomic E-state index is -0.192. The highest BCUT2D eigenvalue weighted by Crippen LogP contribution is 2.32. The summed E-state index contributed by atoms with van der Waals surface area (Å²) in [6.07, 6.45) is 5.12. The van der Waals surface area contributed by atoms with Crippen molar-refractivity contribution in [1.82, 2.24) is 19.7 Å². The van der Waals surface area contributed by atoms with Gasteiger partial charge in [-0.3, -0.25) is 9.78 Å². The van der Waals surface area contributed by atoms with E-state index >= 15 is 0 Å². The molecule has 1 N–H and O–H groups in total. The molecule has 0 fully saturated rings. The average Bonchev–Trinajstić information content (AvgIpc) is 3.01. The lowest BCUT2D eigenvalue weighted by Crippen LogP contribution is -2.24. The zero-order chi connectivity index (χ0) is 17.9. The Kier molecular flexibility index (Phi) is 4.71. The van der Waals surface area contributed by atoms with E-state index in [-0.39, 0.29) is 11.2 Å². The summed E-state index contributed by atoms with van der Waals surface area (Å²) in [5.41, 5.74) is 3.06. The van der Waals surface area contributed by atoms with Crippen LogP contribution in [0.25, 0.3) is 11.4 Å². The van der Waals surface area contributed by atoms with Gasteiger partial charge >= 0.3 is 0 Å². The standard InChI is InChI=1S/C19H19N5OS/c1-2-24-17(14-9-11-20-12-10-14)22-23-19(24)26-16-8-7-13-5-3-4-6-15(13)21-18(16)25/h3-6,9-12,16H,2,7-8H2,1H3,(H,21,25)/t16-/m1/s1. The number of benzene rings is 1. The molecule has 0 radical (unpaired) electrons. The lowest BCUT2D eigenvalue weighted by Gasteiger charge is -2.13. The first kappa shape index (κ1) is 16.8. The van der Waals surface area contributed by atoms with Crippen molar-refractivity contribution in [2.45, 2.75) is 36.7 Å². The zero-order valence-corrected chi connectivity index (χ0v) is 15.2. The highest BCUT2D eigenvalue weighted by Gasteiger charge is 2.27. The molecule has 132 valence electrons. The average molecular weight is 365 g/mol. The van der Waals surface area contributed by atoms with Crippen LogP contribution < -0.4 is 5.32 Å². The molecule has 1 atom stereocenters. The van der Waals surface area contributed by atoms with Crippen LogP contribution in [0.5, 0.6) is 0 Å². The smallest absolute Gasteiger partial charge is 0.237 e. The number of thioether (sulfide) groups is 1. The molecule has 3 heterocycles. The number of rotatable bonds is 4. The molecule has 0 unspecified atom stereocenters. The van der Waals surface area contributed by atoms with E-state index in [4.69, 9.17) is 0 Å². The van der Waals surface area contributed by atoms with Crippen LogP contribution in [0.3, 0.4) is 0 Å². The molecular weight excluding hydrogens is 346 g/mol. The summed E-state index contributed by atoms with van der Waals surface area (Å²) in [5.74, 6) is 0.825. The summed E-state index contributed by atoms with van der Waals surface area (Å²) >= 11 is 1.48. The van der Waals surface area contributed by atoms with Crippen LogP contribution >= 0.6 is 11.8 Å². The summed E-state index contributed by atoms with van der Waals surface area (Å²) in [6, 6.07) is 11.8. The summed E-state index contributed by atoms with van der Waals surface area (Å²) in [4.78, 5) is 16.7. The molecule has 1 aliphatic heterocycles. The number of aromatic nitrogens is 4. The predicted octanol–water partition coefficient (Wildman–Crippen LogP) is 3.41. The Labute approximate surface area is 156 Å². The van der Waals surface area contributed by atoms with Crippen LogP contribution in [0.1, 0.15) is 18.9 Å². The Morgan fingerprint density at radius 2 is 2.00 bits per heavy atom. The quantitative estimate of drug-likeness (QED) is 0.767. The summed E-state index contributed by atoms with van der Waals surface area (Å²) in [7, 11) is 0. The molecule has 7 heteroatoms. The number of hydrogen-bond donors (Lipinski definition) is 1. The van der Waals surface area contributed by atoms with Gasteiger partial charge in [-0.25, -0.2) is 0 Å². The molecule has 4 rings (SSSR count). The van der Waals surface area contributed by atoms with Crippen LogP contribution in [-0.2, 0) is 17.8 Å². The highest BCUT2D eigenvalue weighted by molar-refractivity contribution is 8.00. The molecule has 26 heavy (non-hydrogen) atoms. The van der Waals surface area contributed by atoms with Crippen molar-refractivity contribution < 1.29 is 4.79 Å². The highest BCUT2D eigenvalue weighted by atomic mass is 32.2. The maximum atomic E-state index is 12.7. The van der Waals surface area contributed by atoms with E-state index in [1.54, 1.807) is 12.4 Å². The second-order valence-corrected chi connectivity index (χ2v) is 7.25. The predicted molar refractivity (Wildman–Crippen MR) is 102 cm³/mol. The Balaban J connectivity index is 1.58. The fourth-order valence-corrected chi connectivity index (χ4v) is 4.19. The van der Waals surface area contributed by atoms with Gasteiger partial charge in [0.15, 0.2) is 11.0 Å². The van der Waals surface area contributed by atoms with Crippen molar-refractivity contribution in [2.75, 3.05) is 5.32 Å². The van der Waals surface area contributed by atoms with E-state index in [2.05, 4.69) is 33.5 Å². The molecule has 0 bridgehead atoms. The van der Waals surface area contributed by atoms with Crippen LogP contribution in [0.2, 0.25) is 0 Å². The molecule has 0 aliphatic carbocycles. The van der Waals surface area contributed by atoms with Crippen LogP contribution in [0, 0.1) is 0 Å². The minimum Gasteiger partial charge on any atom is -0.325 e. The number of fused-ring (bicyclic) bond motifs is 1. The van der Waals surface area contributed by atoms with Crippen molar-refractivity contribution in [3.63, 3.8) is 0 Å². The Morgan fingerprint density at radius 1 is 1.19 bits per heavy atom. The van der Waals surface area contributed by atoms with Gasteiger partial charge < -0.3 is 9.88 Å². The monoisotopic (exact) mass is 365 g/mol. The second kappa shape index (κ2) is 7.29. The third kappa shape index (κ3) is 3.22. The number of carbonyl (C=O) groups excluding carboxylic acids is 1. The van der Waals surface area contributed by atoms with E-state index < -0.39 is 0 Å². The molecule has 0 saturated heterocycles. The Hall–Kier alpha value is -2.67. The maximum absolute atomic E-state index is 12.7. The number of aryl methyl sites for hydroxylation is 1. The van der Waals surface area contributed by atoms with E-state index in [0.29, 0.717) is 0 Å². The molecule has 2 aromatic heterocycles. The molecular formula is C19H19N5OS. The summed E-state index contributed by atoms with van der Waals surface area (Å²) < 4.78 is 2.05. The SMILES string of the molecule is CCn1c(S[C@@H]2CCc3ccccc3NC2=O)nnc1-c1ccncc1. The van der Waals surface area contributed by atoms with Gasteiger partial charge in [-0.15, -0.1) is 10.2 Å². The largest absolute Gasteiger partial charge is 0.325 e. The van der Waals surface area contributed by atoms with Crippen molar-refractivity contribution in [2.24, 2.45) is 0 Å². The van der Waals surface area contributed by atoms with Gasteiger partial charge in [0.25, 0.3) is 0 Å². The van der Waals surface area contributed by atoms with Gasteiger partial charge in [-0.05, 0) is 43.5 Å². The van der Waals surface area contributed by atoms with Gasteiger partial charge in [0.1, 0.15) is 0 Å². The molecule has 3 aromatic rings. The summed E-state index contributed by atoms with van der Waals surface area (Å²) in [5, 5.41) is 12.3. The van der Waals surface area contributed by atoms with Gasteiger partial charge in [0, 0.05) is 30.2 Å². The number of anilines is 1. The van der Waals surface area contributed by atoms with Gasteiger partial charge in [-0.2, -0.15) is 0 Å². The van der Waals surface area contributed by atoms with Crippen LogP contribution in [-0.4, -0.2) is 30.9 Å². The zero-order valence-electron chi connectivity index (χ0n) is 14.4. The fourth-order valence-electron chi connectivity index (χ4n) is 3.11. The number of amides is 1. The van der Waals surface area contributed by atoms with Gasteiger partial charge in [0.05, 0.1) is 5.25 Å². The normalized spacial score (nSPS) is 16.7.